The Balaban J connectivity index is 1.31. The minimum Gasteiger partial charge on any atom is -0.457 e. The van der Waals surface area contributed by atoms with E-state index in [1.54, 1.807) is 24.5 Å². The molecule has 2 fully saturated rings. The predicted octanol–water partition coefficient (Wildman–Crippen LogP) is 3.50. The summed E-state index contributed by atoms with van der Waals surface area (Å²) in [7, 11) is 0. The van der Waals surface area contributed by atoms with Crippen molar-refractivity contribution in [1.82, 2.24) is 19.7 Å². The van der Waals surface area contributed by atoms with E-state index in [1.807, 2.05) is 29.2 Å². The lowest BCUT2D eigenvalue weighted by atomic mass is 10.0. The summed E-state index contributed by atoms with van der Waals surface area (Å²) in [6.45, 7) is 10.4. The normalized spacial score (nSPS) is 19.2. The Morgan fingerprint density at radius 2 is 1.67 bits per heavy atom. The number of aromatic nitrogens is 1. The van der Waals surface area contributed by atoms with Gasteiger partial charge in [-0.1, -0.05) is 6.07 Å². The van der Waals surface area contributed by atoms with Gasteiger partial charge in [-0.15, -0.1) is 0 Å². The fraction of sp³-hybridized carbons (Fsp3) is 0.500. The highest BCUT2D eigenvalue weighted by molar-refractivity contribution is 5.94. The second-order valence-electron chi connectivity index (χ2n) is 8.50. The SMILES string of the molecule is CC(C)N1CCC(N2CCN(C(=O)c3cccc(Oc4ccncc4)c3)CC2)CC1. The van der Waals surface area contributed by atoms with Crippen LogP contribution in [0.25, 0.3) is 0 Å². The zero-order valence-corrected chi connectivity index (χ0v) is 18.0. The number of piperidine rings is 1. The molecular formula is C24H32N4O2. The molecule has 2 saturated heterocycles. The number of carbonyl (C=O) groups excluding carboxylic acids is 1. The van der Waals surface area contributed by atoms with Crippen molar-refractivity contribution in [3.05, 3.63) is 54.4 Å². The summed E-state index contributed by atoms with van der Waals surface area (Å²) in [5, 5.41) is 0. The number of likely N-dealkylation sites (tertiary alicyclic amines) is 1. The number of hydrogen-bond donors (Lipinski definition) is 0. The first-order valence-corrected chi connectivity index (χ1v) is 11.1. The van der Waals surface area contributed by atoms with Crippen LogP contribution in [0.15, 0.2) is 48.8 Å². The molecule has 30 heavy (non-hydrogen) atoms. The van der Waals surface area contributed by atoms with Crippen molar-refractivity contribution in [1.29, 1.82) is 0 Å². The molecule has 6 nitrogen and oxygen atoms in total. The number of amides is 1. The Labute approximate surface area is 179 Å². The molecule has 1 amide bonds. The van der Waals surface area contributed by atoms with Gasteiger partial charge in [0, 0.05) is 56.2 Å². The van der Waals surface area contributed by atoms with E-state index in [2.05, 4.69) is 28.6 Å². The first-order valence-electron chi connectivity index (χ1n) is 11.1. The fourth-order valence-electron chi connectivity index (χ4n) is 4.48. The molecule has 3 heterocycles. The van der Waals surface area contributed by atoms with Crippen LogP contribution >= 0.6 is 0 Å². The standard InChI is InChI=1S/C24H32N4O2/c1-19(2)26-12-8-21(9-13-26)27-14-16-28(17-15-27)24(29)20-4-3-5-23(18-20)30-22-6-10-25-11-7-22/h3-7,10-11,18-19,21H,8-9,12-17H2,1-2H3. The van der Waals surface area contributed by atoms with Gasteiger partial charge in [0.15, 0.2) is 0 Å². The molecule has 160 valence electrons. The number of nitrogens with zero attached hydrogens (tertiary/aromatic N) is 4. The van der Waals surface area contributed by atoms with Gasteiger partial charge in [0.25, 0.3) is 5.91 Å². The number of hydrogen-bond acceptors (Lipinski definition) is 5. The highest BCUT2D eigenvalue weighted by Crippen LogP contribution is 2.23. The summed E-state index contributed by atoms with van der Waals surface area (Å²) in [6.07, 6.45) is 5.86. The maximum Gasteiger partial charge on any atom is 0.254 e. The lowest BCUT2D eigenvalue weighted by molar-refractivity contribution is 0.0417. The molecule has 2 aromatic rings. The monoisotopic (exact) mass is 408 g/mol. The second-order valence-corrected chi connectivity index (χ2v) is 8.50. The van der Waals surface area contributed by atoms with Gasteiger partial charge in [0.2, 0.25) is 0 Å². The van der Waals surface area contributed by atoms with Crippen LogP contribution < -0.4 is 4.74 Å². The molecule has 0 N–H and O–H groups in total. The fourth-order valence-corrected chi connectivity index (χ4v) is 4.48. The maximum absolute atomic E-state index is 13.0. The van der Waals surface area contributed by atoms with Gasteiger partial charge in [0.1, 0.15) is 11.5 Å². The Kier molecular flexibility index (Phi) is 6.65. The summed E-state index contributed by atoms with van der Waals surface area (Å²) >= 11 is 0. The van der Waals surface area contributed by atoms with E-state index in [0.29, 0.717) is 29.1 Å². The van der Waals surface area contributed by atoms with Gasteiger partial charge in [-0.25, -0.2) is 0 Å². The van der Waals surface area contributed by atoms with Crippen molar-refractivity contribution in [2.45, 2.75) is 38.8 Å². The molecule has 1 aromatic carbocycles. The van der Waals surface area contributed by atoms with E-state index in [4.69, 9.17) is 4.74 Å². The maximum atomic E-state index is 13.0. The summed E-state index contributed by atoms with van der Waals surface area (Å²) < 4.78 is 5.86. The van der Waals surface area contributed by atoms with E-state index < -0.39 is 0 Å². The van der Waals surface area contributed by atoms with Gasteiger partial charge in [-0.05, 0) is 70.1 Å². The topological polar surface area (TPSA) is 48.9 Å². The van der Waals surface area contributed by atoms with Crippen LogP contribution in [0.1, 0.15) is 37.0 Å². The lowest BCUT2D eigenvalue weighted by Gasteiger charge is -2.43. The average molecular weight is 409 g/mol. The van der Waals surface area contributed by atoms with E-state index >= 15 is 0 Å². The smallest absolute Gasteiger partial charge is 0.254 e. The third kappa shape index (κ3) is 4.99. The molecule has 0 bridgehead atoms. The summed E-state index contributed by atoms with van der Waals surface area (Å²) in [4.78, 5) is 24.2. The van der Waals surface area contributed by atoms with Crippen molar-refractivity contribution in [3.8, 4) is 11.5 Å². The van der Waals surface area contributed by atoms with Crippen LogP contribution in [0.3, 0.4) is 0 Å². The number of carbonyl (C=O) groups is 1. The van der Waals surface area contributed by atoms with Gasteiger partial charge >= 0.3 is 0 Å². The Morgan fingerprint density at radius 1 is 0.967 bits per heavy atom. The van der Waals surface area contributed by atoms with Crippen molar-refractivity contribution in [2.75, 3.05) is 39.3 Å². The number of benzene rings is 1. The van der Waals surface area contributed by atoms with Crippen LogP contribution in [-0.2, 0) is 0 Å². The van der Waals surface area contributed by atoms with Gasteiger partial charge in [-0.2, -0.15) is 0 Å². The van der Waals surface area contributed by atoms with Gasteiger partial charge in [0.05, 0.1) is 0 Å². The van der Waals surface area contributed by atoms with Crippen molar-refractivity contribution in [3.63, 3.8) is 0 Å². The third-order valence-electron chi connectivity index (χ3n) is 6.31. The molecule has 2 aliphatic rings. The average Bonchev–Trinajstić information content (AvgIpc) is 2.80. The highest BCUT2D eigenvalue weighted by Gasteiger charge is 2.29. The van der Waals surface area contributed by atoms with Gasteiger partial charge in [-0.3, -0.25) is 14.7 Å². The van der Waals surface area contributed by atoms with Crippen molar-refractivity contribution < 1.29 is 9.53 Å². The molecule has 0 aliphatic carbocycles. The van der Waals surface area contributed by atoms with Crippen molar-refractivity contribution in [2.24, 2.45) is 0 Å². The van der Waals surface area contributed by atoms with Crippen LogP contribution in [0.2, 0.25) is 0 Å². The molecular weight excluding hydrogens is 376 g/mol. The van der Waals surface area contributed by atoms with Crippen LogP contribution in [0.4, 0.5) is 0 Å². The number of ether oxygens (including phenoxy) is 1. The van der Waals surface area contributed by atoms with Crippen LogP contribution in [-0.4, -0.2) is 76.9 Å². The molecule has 6 heteroatoms. The Morgan fingerprint density at radius 3 is 2.33 bits per heavy atom. The van der Waals surface area contributed by atoms with Gasteiger partial charge < -0.3 is 14.5 Å². The largest absolute Gasteiger partial charge is 0.457 e. The number of pyridine rings is 1. The molecule has 0 saturated carbocycles. The number of rotatable bonds is 5. The predicted molar refractivity (Wildman–Crippen MR) is 118 cm³/mol. The lowest BCUT2D eigenvalue weighted by Crippen LogP contribution is -2.54. The molecule has 2 aliphatic heterocycles. The quantitative estimate of drug-likeness (QED) is 0.758. The highest BCUT2D eigenvalue weighted by atomic mass is 16.5. The first kappa shape index (κ1) is 20.8. The zero-order valence-electron chi connectivity index (χ0n) is 18.0. The van der Waals surface area contributed by atoms with E-state index in [9.17, 15) is 4.79 Å². The number of piperazine rings is 1. The van der Waals surface area contributed by atoms with E-state index in [-0.39, 0.29) is 5.91 Å². The zero-order chi connectivity index (χ0) is 20.9. The van der Waals surface area contributed by atoms with Crippen LogP contribution in [0, 0.1) is 0 Å². The third-order valence-corrected chi connectivity index (χ3v) is 6.31. The second kappa shape index (κ2) is 9.58. The Bertz CT molecular complexity index is 826. The minimum absolute atomic E-state index is 0.0875. The van der Waals surface area contributed by atoms with E-state index in [1.165, 1.54) is 25.9 Å². The van der Waals surface area contributed by atoms with Crippen LogP contribution in [0.5, 0.6) is 11.5 Å². The molecule has 0 atom stereocenters. The summed E-state index contributed by atoms with van der Waals surface area (Å²) in [6, 6.07) is 12.4. The molecule has 0 spiro atoms. The summed E-state index contributed by atoms with van der Waals surface area (Å²) in [5.41, 5.74) is 0.681. The summed E-state index contributed by atoms with van der Waals surface area (Å²) in [5.74, 6) is 1.47. The molecule has 4 rings (SSSR count). The Hall–Kier alpha value is -2.44. The van der Waals surface area contributed by atoms with Crippen molar-refractivity contribution >= 4 is 5.91 Å². The molecule has 0 unspecified atom stereocenters. The molecule has 1 aromatic heterocycles. The minimum atomic E-state index is 0.0875. The molecule has 0 radical (unpaired) electrons. The first-order chi connectivity index (χ1) is 14.6. The van der Waals surface area contributed by atoms with E-state index in [0.717, 1.165) is 26.2 Å².